The van der Waals surface area contributed by atoms with E-state index in [0.29, 0.717) is 19.0 Å². The molecule has 3 aromatic rings. The Balaban J connectivity index is 1.55. The van der Waals surface area contributed by atoms with Gasteiger partial charge in [-0.2, -0.15) is 5.10 Å². The van der Waals surface area contributed by atoms with Gasteiger partial charge in [-0.3, -0.25) is 9.48 Å². The average molecular weight is 408 g/mol. The number of aromatic nitrogens is 4. The van der Waals surface area contributed by atoms with Gasteiger partial charge in [0.2, 0.25) is 5.91 Å². The van der Waals surface area contributed by atoms with Gasteiger partial charge in [0.25, 0.3) is 0 Å². The second-order valence-corrected chi connectivity index (χ2v) is 9.63. The third kappa shape index (κ3) is 3.46. The molecule has 1 aliphatic heterocycles. The molecule has 1 aromatic carbocycles. The summed E-state index contributed by atoms with van der Waals surface area (Å²) in [6.45, 7) is 9.13. The van der Waals surface area contributed by atoms with E-state index in [-0.39, 0.29) is 23.5 Å². The van der Waals surface area contributed by atoms with Crippen LogP contribution >= 0.6 is 0 Å². The van der Waals surface area contributed by atoms with Crippen molar-refractivity contribution >= 4 is 16.9 Å². The van der Waals surface area contributed by atoms with Crippen LogP contribution in [0.4, 0.5) is 0 Å². The summed E-state index contributed by atoms with van der Waals surface area (Å²) in [5.41, 5.74) is 3.79. The third-order valence-electron chi connectivity index (χ3n) is 6.13. The number of hydrogen-bond donors (Lipinski definition) is 1. The SMILES string of the molecule is CC(Oc1cc(-c2ccn(C(C)(C)C)n2)cc2ncn(C3CC3)c12)C1CNC(=O)C1. The molecule has 0 bridgehead atoms. The molecule has 1 amide bonds. The largest absolute Gasteiger partial charge is 0.488 e. The maximum Gasteiger partial charge on any atom is 0.220 e. The lowest BCUT2D eigenvalue weighted by atomic mass is 10.0. The first-order valence-corrected chi connectivity index (χ1v) is 10.8. The molecule has 2 aliphatic rings. The second-order valence-electron chi connectivity index (χ2n) is 9.63. The maximum atomic E-state index is 11.7. The van der Waals surface area contributed by atoms with Gasteiger partial charge in [-0.15, -0.1) is 0 Å². The van der Waals surface area contributed by atoms with Crippen molar-refractivity contribution in [2.45, 2.75) is 64.6 Å². The molecule has 1 saturated heterocycles. The third-order valence-corrected chi connectivity index (χ3v) is 6.13. The summed E-state index contributed by atoms with van der Waals surface area (Å²) >= 11 is 0. The molecule has 158 valence electrons. The van der Waals surface area contributed by atoms with Crippen LogP contribution in [-0.2, 0) is 10.3 Å². The average Bonchev–Trinajstić information content (AvgIpc) is 3.10. The molecule has 0 spiro atoms. The fourth-order valence-electron chi connectivity index (χ4n) is 4.11. The molecular formula is C23H29N5O2. The Labute approximate surface area is 176 Å². The Bertz CT molecular complexity index is 1100. The van der Waals surface area contributed by atoms with Crippen LogP contribution in [0.15, 0.2) is 30.7 Å². The Morgan fingerprint density at radius 1 is 1.27 bits per heavy atom. The van der Waals surface area contributed by atoms with Crippen molar-refractivity contribution in [1.82, 2.24) is 24.6 Å². The van der Waals surface area contributed by atoms with Gasteiger partial charge in [0.05, 0.1) is 23.1 Å². The molecule has 5 rings (SSSR count). The smallest absolute Gasteiger partial charge is 0.220 e. The molecule has 0 radical (unpaired) electrons. The predicted octanol–water partition coefficient (Wildman–Crippen LogP) is 3.89. The van der Waals surface area contributed by atoms with Crippen LogP contribution in [0.3, 0.4) is 0 Å². The quantitative estimate of drug-likeness (QED) is 0.696. The molecule has 7 nitrogen and oxygen atoms in total. The molecule has 7 heteroatoms. The standard InChI is InChI=1S/C23H29N5O2/c1-14(16-11-21(29)24-12-16)30-20-10-15(18-7-8-28(26-18)23(2,3)4)9-19-22(20)27(13-25-19)17-5-6-17/h7-10,13-14,16-17H,5-6,11-12H2,1-4H3,(H,24,29). The van der Waals surface area contributed by atoms with Crippen LogP contribution in [0, 0.1) is 5.92 Å². The molecular weight excluding hydrogens is 378 g/mol. The first kappa shape index (κ1) is 19.2. The van der Waals surface area contributed by atoms with E-state index in [1.807, 2.05) is 23.3 Å². The highest BCUT2D eigenvalue weighted by Crippen LogP contribution is 2.41. The molecule has 3 heterocycles. The Morgan fingerprint density at radius 3 is 2.70 bits per heavy atom. The monoisotopic (exact) mass is 407 g/mol. The van der Waals surface area contributed by atoms with Crippen LogP contribution in [0.2, 0.25) is 0 Å². The van der Waals surface area contributed by atoms with Gasteiger partial charge in [-0.05, 0) is 58.7 Å². The lowest BCUT2D eigenvalue weighted by molar-refractivity contribution is -0.119. The van der Waals surface area contributed by atoms with E-state index in [4.69, 9.17) is 9.84 Å². The van der Waals surface area contributed by atoms with Gasteiger partial charge in [-0.1, -0.05) is 0 Å². The summed E-state index contributed by atoms with van der Waals surface area (Å²) in [5.74, 6) is 1.10. The Kier molecular flexibility index (Phi) is 4.38. The molecule has 1 saturated carbocycles. The summed E-state index contributed by atoms with van der Waals surface area (Å²) < 4.78 is 10.7. The number of hydrogen-bond acceptors (Lipinski definition) is 4. The lowest BCUT2D eigenvalue weighted by Gasteiger charge is -2.21. The number of nitrogens with zero attached hydrogens (tertiary/aromatic N) is 4. The van der Waals surface area contributed by atoms with Crippen molar-refractivity contribution in [2.75, 3.05) is 6.54 Å². The molecule has 30 heavy (non-hydrogen) atoms. The highest BCUT2D eigenvalue weighted by molar-refractivity contribution is 5.87. The van der Waals surface area contributed by atoms with Crippen molar-refractivity contribution in [3.8, 4) is 17.0 Å². The van der Waals surface area contributed by atoms with Gasteiger partial charge < -0.3 is 14.6 Å². The molecule has 2 atom stereocenters. The van der Waals surface area contributed by atoms with Gasteiger partial charge in [0.1, 0.15) is 17.4 Å². The predicted molar refractivity (Wildman–Crippen MR) is 115 cm³/mol. The fraction of sp³-hybridized carbons (Fsp3) is 0.522. The fourth-order valence-corrected chi connectivity index (χ4v) is 4.11. The van der Waals surface area contributed by atoms with Crippen LogP contribution in [-0.4, -0.2) is 37.9 Å². The first-order chi connectivity index (χ1) is 14.3. The van der Waals surface area contributed by atoms with Crippen molar-refractivity contribution in [1.29, 1.82) is 0 Å². The summed E-state index contributed by atoms with van der Waals surface area (Å²) in [7, 11) is 0. The molecule has 1 aliphatic carbocycles. The molecule has 2 fully saturated rings. The van der Waals surface area contributed by atoms with Crippen molar-refractivity contribution in [3.63, 3.8) is 0 Å². The van der Waals surface area contributed by atoms with E-state index in [1.165, 1.54) is 12.8 Å². The normalized spacial score (nSPS) is 20.5. The van der Waals surface area contributed by atoms with Gasteiger partial charge in [0, 0.05) is 36.7 Å². The zero-order valence-electron chi connectivity index (χ0n) is 18.1. The topological polar surface area (TPSA) is 74.0 Å². The zero-order chi connectivity index (χ0) is 21.0. The summed E-state index contributed by atoms with van der Waals surface area (Å²) in [6.07, 6.45) is 6.75. The zero-order valence-corrected chi connectivity index (χ0v) is 18.1. The highest BCUT2D eigenvalue weighted by atomic mass is 16.5. The number of amides is 1. The van der Waals surface area contributed by atoms with Gasteiger partial charge >= 0.3 is 0 Å². The number of carbonyl (C=O) groups is 1. The van der Waals surface area contributed by atoms with Gasteiger partial charge in [0.15, 0.2) is 0 Å². The molecule has 2 unspecified atom stereocenters. The number of imidazole rings is 1. The summed E-state index contributed by atoms with van der Waals surface area (Å²) in [6, 6.07) is 6.73. The minimum absolute atomic E-state index is 0.0721. The minimum atomic E-state index is -0.0776. The van der Waals surface area contributed by atoms with Crippen molar-refractivity contribution in [2.24, 2.45) is 5.92 Å². The summed E-state index contributed by atoms with van der Waals surface area (Å²) in [4.78, 5) is 16.3. The second kappa shape index (κ2) is 6.86. The number of carbonyl (C=O) groups excluding carboxylic acids is 1. The molecule has 1 N–H and O–H groups in total. The van der Waals surface area contributed by atoms with Crippen LogP contribution in [0.5, 0.6) is 5.75 Å². The number of nitrogens with one attached hydrogen (secondary N) is 1. The number of benzene rings is 1. The van der Waals surface area contributed by atoms with Crippen molar-refractivity contribution < 1.29 is 9.53 Å². The van der Waals surface area contributed by atoms with E-state index in [2.05, 4.69) is 54.7 Å². The van der Waals surface area contributed by atoms with Crippen molar-refractivity contribution in [3.05, 3.63) is 30.7 Å². The summed E-state index contributed by atoms with van der Waals surface area (Å²) in [5, 5.41) is 7.71. The number of ether oxygens (including phenoxy) is 1. The minimum Gasteiger partial charge on any atom is -0.488 e. The number of fused-ring (bicyclic) bond motifs is 1. The van der Waals surface area contributed by atoms with Gasteiger partial charge in [-0.25, -0.2) is 4.98 Å². The Hall–Kier alpha value is -2.83. The number of rotatable bonds is 5. The van der Waals surface area contributed by atoms with Crippen LogP contribution in [0.25, 0.3) is 22.3 Å². The van der Waals surface area contributed by atoms with Crippen LogP contribution in [0.1, 0.15) is 53.0 Å². The maximum absolute atomic E-state index is 11.7. The highest BCUT2D eigenvalue weighted by Gasteiger charge is 2.30. The van der Waals surface area contributed by atoms with E-state index in [0.717, 1.165) is 28.0 Å². The van der Waals surface area contributed by atoms with E-state index >= 15 is 0 Å². The van der Waals surface area contributed by atoms with E-state index < -0.39 is 0 Å². The van der Waals surface area contributed by atoms with E-state index in [1.54, 1.807) is 0 Å². The molecule has 2 aromatic heterocycles. The van der Waals surface area contributed by atoms with Crippen LogP contribution < -0.4 is 10.1 Å². The Morgan fingerprint density at radius 2 is 2.07 bits per heavy atom. The first-order valence-electron chi connectivity index (χ1n) is 10.8. The lowest BCUT2D eigenvalue weighted by Crippen LogP contribution is -2.25. The van der Waals surface area contributed by atoms with E-state index in [9.17, 15) is 4.79 Å².